The van der Waals surface area contributed by atoms with Gasteiger partial charge in [0.15, 0.2) is 11.5 Å². The molecule has 1 aliphatic heterocycles. The van der Waals surface area contributed by atoms with Gasteiger partial charge in [0.1, 0.15) is 0 Å². The fraction of sp³-hybridized carbons (Fsp3) is 0.600. The van der Waals surface area contributed by atoms with Crippen molar-refractivity contribution in [1.82, 2.24) is 0 Å². The van der Waals surface area contributed by atoms with Crippen molar-refractivity contribution in [3.8, 4) is 11.5 Å². The van der Waals surface area contributed by atoms with Crippen LogP contribution in [-0.2, 0) is 6.42 Å². The first-order valence-electron chi connectivity index (χ1n) is 6.91. The maximum absolute atomic E-state index is 6.61. The number of alkyl halides is 1. The molecule has 0 saturated carbocycles. The minimum absolute atomic E-state index is 0.0401. The molecule has 4 heteroatoms. The van der Waals surface area contributed by atoms with Crippen molar-refractivity contribution in [2.24, 2.45) is 5.92 Å². The molecule has 104 valence electrons. The summed E-state index contributed by atoms with van der Waals surface area (Å²) >= 11 is 13.0. The van der Waals surface area contributed by atoms with Gasteiger partial charge in [0.2, 0.25) is 0 Å². The van der Waals surface area contributed by atoms with Gasteiger partial charge in [-0.1, -0.05) is 18.5 Å². The van der Waals surface area contributed by atoms with Gasteiger partial charge < -0.3 is 9.47 Å². The topological polar surface area (TPSA) is 18.5 Å². The standard InChI is InChI=1S/C15H18Cl2O2/c1-9-3-4-10-11(16)8-13-15(14(10)12(17)7-9)19-6-2-5-18-13/h8-9,12H,2-7H2,1H3. The molecule has 0 spiro atoms. The summed E-state index contributed by atoms with van der Waals surface area (Å²) in [6.45, 7) is 3.59. The van der Waals surface area contributed by atoms with Gasteiger partial charge in [0.25, 0.3) is 0 Å². The predicted molar refractivity (Wildman–Crippen MR) is 77.8 cm³/mol. The zero-order valence-electron chi connectivity index (χ0n) is 11.0. The Bertz CT molecular complexity index is 488. The number of ether oxygens (including phenoxy) is 2. The third-order valence-electron chi connectivity index (χ3n) is 3.94. The molecular weight excluding hydrogens is 283 g/mol. The Morgan fingerprint density at radius 1 is 1.26 bits per heavy atom. The van der Waals surface area contributed by atoms with E-state index < -0.39 is 0 Å². The van der Waals surface area contributed by atoms with Crippen LogP contribution < -0.4 is 9.47 Å². The number of benzene rings is 1. The van der Waals surface area contributed by atoms with Gasteiger partial charge in [-0.25, -0.2) is 0 Å². The molecule has 1 aliphatic carbocycles. The highest BCUT2D eigenvalue weighted by molar-refractivity contribution is 6.32. The molecule has 2 atom stereocenters. The fourth-order valence-electron chi connectivity index (χ4n) is 2.90. The zero-order chi connectivity index (χ0) is 13.4. The first kappa shape index (κ1) is 13.4. The van der Waals surface area contributed by atoms with E-state index in [-0.39, 0.29) is 5.38 Å². The van der Waals surface area contributed by atoms with E-state index in [1.165, 1.54) is 0 Å². The Kier molecular flexibility index (Phi) is 3.81. The summed E-state index contributed by atoms with van der Waals surface area (Å²) in [7, 11) is 0. The number of halogens is 2. The lowest BCUT2D eigenvalue weighted by Crippen LogP contribution is -2.03. The quantitative estimate of drug-likeness (QED) is 0.508. The molecule has 2 unspecified atom stereocenters. The second-order valence-electron chi connectivity index (χ2n) is 5.48. The van der Waals surface area contributed by atoms with Crippen LogP contribution in [0.1, 0.15) is 42.7 Å². The van der Waals surface area contributed by atoms with Crippen molar-refractivity contribution in [1.29, 1.82) is 0 Å². The molecule has 19 heavy (non-hydrogen) atoms. The van der Waals surface area contributed by atoms with Gasteiger partial charge in [0.05, 0.1) is 18.6 Å². The molecule has 0 radical (unpaired) electrons. The van der Waals surface area contributed by atoms with Gasteiger partial charge in [-0.15, -0.1) is 11.6 Å². The fourth-order valence-corrected chi connectivity index (χ4v) is 3.73. The molecule has 1 aromatic rings. The van der Waals surface area contributed by atoms with Crippen LogP contribution in [0.4, 0.5) is 0 Å². The van der Waals surface area contributed by atoms with Gasteiger partial charge in [-0.3, -0.25) is 0 Å². The molecule has 0 aromatic heterocycles. The first-order valence-corrected chi connectivity index (χ1v) is 7.73. The highest BCUT2D eigenvalue weighted by atomic mass is 35.5. The van der Waals surface area contributed by atoms with E-state index in [9.17, 15) is 0 Å². The third-order valence-corrected chi connectivity index (χ3v) is 4.68. The summed E-state index contributed by atoms with van der Waals surface area (Å²) in [5.74, 6) is 2.18. The molecule has 2 nitrogen and oxygen atoms in total. The van der Waals surface area contributed by atoms with Crippen molar-refractivity contribution in [3.05, 3.63) is 22.2 Å². The van der Waals surface area contributed by atoms with E-state index in [1.54, 1.807) is 0 Å². The number of rotatable bonds is 0. The van der Waals surface area contributed by atoms with E-state index in [0.717, 1.165) is 53.3 Å². The summed E-state index contributed by atoms with van der Waals surface area (Å²) in [4.78, 5) is 0. The van der Waals surface area contributed by atoms with Crippen molar-refractivity contribution < 1.29 is 9.47 Å². The number of hydrogen-bond acceptors (Lipinski definition) is 2. The van der Waals surface area contributed by atoms with Crippen LogP contribution in [0.5, 0.6) is 11.5 Å². The Balaban J connectivity index is 2.14. The minimum Gasteiger partial charge on any atom is -0.489 e. The third kappa shape index (κ3) is 2.53. The van der Waals surface area contributed by atoms with E-state index in [1.807, 2.05) is 6.07 Å². The summed E-state index contributed by atoms with van der Waals surface area (Å²) in [5.41, 5.74) is 2.21. The molecule has 0 bridgehead atoms. The van der Waals surface area contributed by atoms with Crippen molar-refractivity contribution >= 4 is 23.2 Å². The minimum atomic E-state index is -0.0401. The van der Waals surface area contributed by atoms with Gasteiger partial charge >= 0.3 is 0 Å². The Hall–Kier alpha value is -0.600. The van der Waals surface area contributed by atoms with Crippen LogP contribution in [0.15, 0.2) is 6.07 Å². The van der Waals surface area contributed by atoms with Crippen LogP contribution in [0.25, 0.3) is 0 Å². The molecule has 1 heterocycles. The van der Waals surface area contributed by atoms with Gasteiger partial charge in [-0.2, -0.15) is 0 Å². The first-order chi connectivity index (χ1) is 9.16. The van der Waals surface area contributed by atoms with E-state index in [0.29, 0.717) is 19.1 Å². The predicted octanol–water partition coefficient (Wildman–Crippen LogP) is 4.75. The zero-order valence-corrected chi connectivity index (χ0v) is 12.6. The lowest BCUT2D eigenvalue weighted by molar-refractivity contribution is 0.296. The van der Waals surface area contributed by atoms with Crippen molar-refractivity contribution in [2.45, 2.75) is 38.0 Å². The SMILES string of the molecule is CC1CCc2c(Cl)cc3c(c2C(Cl)C1)OCCCO3. The maximum atomic E-state index is 6.61. The molecule has 0 amide bonds. The second kappa shape index (κ2) is 5.41. The van der Waals surface area contributed by atoms with E-state index >= 15 is 0 Å². The van der Waals surface area contributed by atoms with Crippen molar-refractivity contribution in [2.75, 3.05) is 13.2 Å². The smallest absolute Gasteiger partial charge is 0.166 e. The summed E-state index contributed by atoms with van der Waals surface area (Å²) < 4.78 is 11.6. The summed E-state index contributed by atoms with van der Waals surface area (Å²) in [6.07, 6.45) is 3.94. The van der Waals surface area contributed by atoms with Crippen molar-refractivity contribution in [3.63, 3.8) is 0 Å². The van der Waals surface area contributed by atoms with Crippen LogP contribution in [0, 0.1) is 5.92 Å². The molecule has 1 aromatic carbocycles. The molecule has 0 N–H and O–H groups in total. The number of hydrogen-bond donors (Lipinski definition) is 0. The van der Waals surface area contributed by atoms with Crippen LogP contribution in [0.3, 0.4) is 0 Å². The number of fused-ring (bicyclic) bond motifs is 3. The lowest BCUT2D eigenvalue weighted by Gasteiger charge is -2.19. The Morgan fingerprint density at radius 3 is 2.89 bits per heavy atom. The lowest BCUT2D eigenvalue weighted by atomic mass is 10.0. The molecular formula is C15H18Cl2O2. The van der Waals surface area contributed by atoms with Crippen LogP contribution >= 0.6 is 23.2 Å². The summed E-state index contributed by atoms with van der Waals surface area (Å²) in [5, 5.41) is 0.723. The molecule has 2 aliphatic rings. The van der Waals surface area contributed by atoms with Crippen LogP contribution in [0.2, 0.25) is 5.02 Å². The maximum Gasteiger partial charge on any atom is 0.166 e. The Morgan fingerprint density at radius 2 is 2.05 bits per heavy atom. The normalized spacial score (nSPS) is 26.3. The largest absolute Gasteiger partial charge is 0.489 e. The molecule has 3 rings (SSSR count). The Labute approximate surface area is 124 Å². The molecule has 0 fully saturated rings. The second-order valence-corrected chi connectivity index (χ2v) is 6.41. The van der Waals surface area contributed by atoms with E-state index in [4.69, 9.17) is 32.7 Å². The molecule has 0 saturated heterocycles. The highest BCUT2D eigenvalue weighted by Gasteiger charge is 2.29. The average Bonchev–Trinajstić information content (AvgIpc) is 2.67. The van der Waals surface area contributed by atoms with Gasteiger partial charge in [-0.05, 0) is 30.7 Å². The monoisotopic (exact) mass is 300 g/mol. The highest BCUT2D eigenvalue weighted by Crippen LogP contribution is 2.48. The van der Waals surface area contributed by atoms with E-state index in [2.05, 4.69) is 6.92 Å². The average molecular weight is 301 g/mol. The van der Waals surface area contributed by atoms with Gasteiger partial charge in [0, 0.05) is 23.1 Å². The summed E-state index contributed by atoms with van der Waals surface area (Å²) in [6, 6.07) is 1.89. The van der Waals surface area contributed by atoms with Crippen LogP contribution in [-0.4, -0.2) is 13.2 Å².